The van der Waals surface area contributed by atoms with Crippen molar-refractivity contribution in [2.45, 2.75) is 38.8 Å². The van der Waals surface area contributed by atoms with Crippen LogP contribution in [0, 0.1) is 6.92 Å². The van der Waals surface area contributed by atoms with E-state index in [-0.39, 0.29) is 23.5 Å². The van der Waals surface area contributed by atoms with Crippen LogP contribution in [-0.2, 0) is 15.9 Å². The van der Waals surface area contributed by atoms with E-state index < -0.39 is 24.4 Å². The first-order chi connectivity index (χ1) is 9.87. The van der Waals surface area contributed by atoms with Crippen LogP contribution in [0.25, 0.3) is 0 Å². The number of nitrogens with zero attached hydrogens (tertiary/aromatic N) is 1. The van der Waals surface area contributed by atoms with Gasteiger partial charge in [-0.3, -0.25) is 9.78 Å². The molecule has 0 saturated heterocycles. The number of hydrogen-bond acceptors (Lipinski definition) is 5. The maximum atomic E-state index is 14.1. The predicted molar refractivity (Wildman–Crippen MR) is 77.2 cm³/mol. The van der Waals surface area contributed by atoms with Gasteiger partial charge in [0.05, 0.1) is 17.9 Å². The number of rotatable bonds is 3. The fourth-order valence-corrected chi connectivity index (χ4v) is 2.65. The molecule has 22 heavy (non-hydrogen) atoms. The average Bonchev–Trinajstić information content (AvgIpc) is 2.37. The molecule has 1 aliphatic rings. The van der Waals surface area contributed by atoms with Crippen LogP contribution in [-0.4, -0.2) is 35.5 Å². The molecule has 0 saturated carbocycles. The Morgan fingerprint density at radius 1 is 1.41 bits per heavy atom. The van der Waals surface area contributed by atoms with Crippen molar-refractivity contribution in [3.63, 3.8) is 0 Å². The zero-order valence-corrected chi connectivity index (χ0v) is 14.0. The van der Waals surface area contributed by atoms with Crippen molar-refractivity contribution in [3.05, 3.63) is 23.0 Å². The highest BCUT2D eigenvalue weighted by Gasteiger charge is 2.51. The van der Waals surface area contributed by atoms with Gasteiger partial charge in [-0.15, -0.1) is 0 Å². The molecule has 0 atom stereocenters. The molecule has 2 rings (SSSR count). The van der Waals surface area contributed by atoms with Crippen LogP contribution in [0.4, 0.5) is 8.78 Å². The number of halogens is 2. The van der Waals surface area contributed by atoms with E-state index >= 15 is 0 Å². The quantitative estimate of drug-likeness (QED) is 0.626. The monoisotopic (exact) mass is 333 g/mol. The van der Waals surface area contributed by atoms with Gasteiger partial charge in [0.2, 0.25) is 11.6 Å². The van der Waals surface area contributed by atoms with Crippen LogP contribution in [0.1, 0.15) is 35.5 Å². The van der Waals surface area contributed by atoms with E-state index in [0.29, 0.717) is 5.69 Å². The molecule has 0 bridgehead atoms. The molecule has 1 aliphatic heterocycles. The Morgan fingerprint density at radius 3 is 2.55 bits per heavy atom. The van der Waals surface area contributed by atoms with Crippen LogP contribution in [0.5, 0.6) is 5.75 Å². The van der Waals surface area contributed by atoms with Gasteiger partial charge in [-0.05, 0) is 20.3 Å². The van der Waals surface area contributed by atoms with Crippen molar-refractivity contribution in [1.82, 2.24) is 4.98 Å². The summed E-state index contributed by atoms with van der Waals surface area (Å²) in [7, 11) is -3.96. The molecule has 0 aromatic carbocycles. The number of hydrogen-bond donors (Lipinski definition) is 0. The third kappa shape index (κ3) is 2.79. The van der Waals surface area contributed by atoms with Crippen molar-refractivity contribution in [1.29, 1.82) is 0 Å². The van der Waals surface area contributed by atoms with Gasteiger partial charge in [0.25, 0.3) is 0 Å². The van der Waals surface area contributed by atoms with E-state index in [4.69, 9.17) is 9.47 Å². The number of alkyl halides is 2. The number of fused-ring (bicyclic) bond motifs is 1. The highest BCUT2D eigenvalue weighted by molar-refractivity contribution is 7.64. The smallest absolute Gasteiger partial charge is 0.358 e. The van der Waals surface area contributed by atoms with Crippen LogP contribution >= 0.6 is 7.14 Å². The lowest BCUT2D eigenvalue weighted by Gasteiger charge is -2.34. The summed E-state index contributed by atoms with van der Waals surface area (Å²) in [5.74, 6) is -2.19. The summed E-state index contributed by atoms with van der Waals surface area (Å²) < 4.78 is 51.0. The van der Waals surface area contributed by atoms with E-state index in [9.17, 15) is 18.1 Å². The summed E-state index contributed by atoms with van der Waals surface area (Å²) in [6.45, 7) is 6.71. The van der Waals surface area contributed by atoms with Crippen molar-refractivity contribution < 1.29 is 27.6 Å². The summed E-state index contributed by atoms with van der Waals surface area (Å²) in [5.41, 5.74) is -3.58. The molecule has 0 fully saturated rings. The first-order valence-corrected chi connectivity index (χ1v) is 9.26. The molecule has 0 unspecified atom stereocenters. The Morgan fingerprint density at radius 2 is 2.00 bits per heavy atom. The van der Waals surface area contributed by atoms with E-state index in [1.54, 1.807) is 20.8 Å². The van der Waals surface area contributed by atoms with Gasteiger partial charge in [-0.25, -0.2) is 0 Å². The van der Waals surface area contributed by atoms with Crippen LogP contribution in [0.3, 0.4) is 0 Å². The second-order valence-corrected chi connectivity index (χ2v) is 9.34. The minimum atomic E-state index is -3.96. The van der Waals surface area contributed by atoms with Gasteiger partial charge in [0.1, 0.15) is 0 Å². The fraction of sp³-hybridized carbons (Fsp3) is 0.571. The highest BCUT2D eigenvalue weighted by atomic mass is 31.2. The second-order valence-electron chi connectivity index (χ2n) is 6.08. The lowest BCUT2D eigenvalue weighted by molar-refractivity contribution is -0.180. The van der Waals surface area contributed by atoms with E-state index in [0.717, 1.165) is 19.5 Å². The molecule has 1 aromatic rings. The minimum Gasteiger partial charge on any atom is -0.461 e. The van der Waals surface area contributed by atoms with Gasteiger partial charge in [-0.2, -0.15) is 8.78 Å². The molecule has 5 nitrogen and oxygen atoms in total. The molecule has 1 aromatic heterocycles. The first-order valence-electron chi connectivity index (χ1n) is 6.66. The number of aromatic nitrogens is 1. The molecule has 0 aliphatic carbocycles. The topological polar surface area (TPSA) is 65.5 Å². The first kappa shape index (κ1) is 17.0. The fourth-order valence-electron chi connectivity index (χ4n) is 2.04. The number of ether oxygens (including phenoxy) is 2. The van der Waals surface area contributed by atoms with Crippen LogP contribution in [0.15, 0.2) is 6.20 Å². The third-order valence-electron chi connectivity index (χ3n) is 3.42. The standard InChI is InChI=1S/C14H18F2NO4P/c1-8-11-10(7-20-13(2,3)21-11)9(6-17-8)12(18)14(15,16)22(4,5)19/h6H,7H2,1-5H3. The molecule has 0 amide bonds. The van der Waals surface area contributed by atoms with Crippen molar-refractivity contribution in [3.8, 4) is 5.75 Å². The van der Waals surface area contributed by atoms with Crippen molar-refractivity contribution >= 4 is 12.9 Å². The zero-order chi connectivity index (χ0) is 16.9. The number of pyridine rings is 1. The average molecular weight is 333 g/mol. The Balaban J connectivity index is 2.56. The Kier molecular flexibility index (Phi) is 3.95. The van der Waals surface area contributed by atoms with E-state index in [2.05, 4.69) is 4.98 Å². The summed E-state index contributed by atoms with van der Waals surface area (Å²) in [5, 5.41) is 0. The zero-order valence-electron chi connectivity index (χ0n) is 13.1. The molecule has 0 N–H and O–H groups in total. The number of aryl methyl sites for hydroxylation is 1. The predicted octanol–water partition coefficient (Wildman–Crippen LogP) is 3.43. The van der Waals surface area contributed by atoms with Crippen LogP contribution in [0.2, 0.25) is 0 Å². The summed E-state index contributed by atoms with van der Waals surface area (Å²) in [6, 6.07) is 0. The van der Waals surface area contributed by atoms with Gasteiger partial charge in [-0.1, -0.05) is 0 Å². The molecular weight excluding hydrogens is 315 g/mol. The van der Waals surface area contributed by atoms with Gasteiger partial charge < -0.3 is 14.0 Å². The summed E-state index contributed by atoms with van der Waals surface area (Å²) in [4.78, 5) is 16.1. The summed E-state index contributed by atoms with van der Waals surface area (Å²) in [6.07, 6.45) is 1.06. The molecule has 0 spiro atoms. The number of carbonyl (C=O) groups excluding carboxylic acids is 1. The second kappa shape index (κ2) is 5.10. The molecule has 122 valence electrons. The maximum absolute atomic E-state index is 14.1. The molecular formula is C14H18F2NO4P. The largest absolute Gasteiger partial charge is 0.461 e. The number of carbonyl (C=O) groups is 1. The van der Waals surface area contributed by atoms with E-state index in [1.807, 2.05) is 0 Å². The molecule has 0 radical (unpaired) electrons. The van der Waals surface area contributed by atoms with Gasteiger partial charge in [0.15, 0.2) is 12.9 Å². The molecule has 2 heterocycles. The summed E-state index contributed by atoms with van der Waals surface area (Å²) >= 11 is 0. The van der Waals surface area contributed by atoms with Gasteiger partial charge in [0, 0.05) is 25.6 Å². The lowest BCUT2D eigenvalue weighted by Crippen LogP contribution is -2.37. The van der Waals surface area contributed by atoms with Crippen LogP contribution < -0.4 is 4.74 Å². The Bertz CT molecular complexity index is 682. The number of ketones is 1. The molecule has 8 heteroatoms. The number of Topliss-reactive ketones (excluding diaryl/α,β-unsaturated/α-hetero) is 1. The lowest BCUT2D eigenvalue weighted by atomic mass is 10.0. The normalized spacial score (nSPS) is 17.6. The SMILES string of the molecule is Cc1ncc(C(=O)C(F)(F)P(C)(C)=O)c2c1OC(C)(C)OC2. The maximum Gasteiger partial charge on any atom is 0.358 e. The minimum absolute atomic E-state index is 0.0550. The van der Waals surface area contributed by atoms with E-state index in [1.165, 1.54) is 0 Å². The highest BCUT2D eigenvalue weighted by Crippen LogP contribution is 2.55. The van der Waals surface area contributed by atoms with Gasteiger partial charge >= 0.3 is 5.66 Å². The Labute approximate surface area is 127 Å². The third-order valence-corrected chi connectivity index (χ3v) is 4.98. The Hall–Kier alpha value is -1.33. The van der Waals surface area contributed by atoms with Crippen molar-refractivity contribution in [2.75, 3.05) is 13.3 Å². The van der Waals surface area contributed by atoms with Crippen molar-refractivity contribution in [2.24, 2.45) is 0 Å².